The Morgan fingerprint density at radius 3 is 2.37 bits per heavy atom. The van der Waals surface area contributed by atoms with Crippen LogP contribution in [0.4, 0.5) is 4.39 Å². The number of nitrogens with zero attached hydrogens (tertiary/aromatic N) is 2. The number of benzene rings is 3. The highest BCUT2D eigenvalue weighted by Crippen LogP contribution is 2.35. The van der Waals surface area contributed by atoms with Gasteiger partial charge in [-0.2, -0.15) is 5.10 Å². The smallest absolute Gasteiger partial charge is 0.267 e. The van der Waals surface area contributed by atoms with E-state index in [2.05, 4.69) is 21.0 Å². The van der Waals surface area contributed by atoms with Gasteiger partial charge >= 0.3 is 0 Å². The minimum Gasteiger partial charge on any atom is -0.267 e. The summed E-state index contributed by atoms with van der Waals surface area (Å²) in [6, 6.07) is 23.2. The Bertz CT molecular complexity index is 1020. The largest absolute Gasteiger partial charge is 0.275 e. The minimum absolute atomic E-state index is 0.220. The van der Waals surface area contributed by atoms with E-state index in [0.29, 0.717) is 27.7 Å². The molecule has 1 amide bonds. The third kappa shape index (κ3) is 3.43. The van der Waals surface area contributed by atoms with Crippen molar-refractivity contribution >= 4 is 27.5 Å². The van der Waals surface area contributed by atoms with Gasteiger partial charge in [-0.15, -0.1) is 0 Å². The van der Waals surface area contributed by atoms with Crippen molar-refractivity contribution in [2.45, 2.75) is 12.5 Å². The van der Waals surface area contributed by atoms with Crippen molar-refractivity contribution in [1.82, 2.24) is 5.01 Å². The normalized spacial score (nSPS) is 16.3. The van der Waals surface area contributed by atoms with Crippen LogP contribution in [0.3, 0.4) is 0 Å². The van der Waals surface area contributed by atoms with Crippen LogP contribution < -0.4 is 0 Å². The molecule has 0 aliphatic carbocycles. The molecule has 0 saturated heterocycles. The van der Waals surface area contributed by atoms with Crippen LogP contribution in [-0.4, -0.2) is 16.6 Å². The lowest BCUT2D eigenvalue weighted by Crippen LogP contribution is -2.27. The number of halogens is 2. The zero-order chi connectivity index (χ0) is 18.8. The molecule has 27 heavy (non-hydrogen) atoms. The third-order valence-electron chi connectivity index (χ3n) is 4.59. The van der Waals surface area contributed by atoms with Crippen LogP contribution in [0, 0.1) is 5.82 Å². The molecule has 4 rings (SSSR count). The third-order valence-corrected chi connectivity index (χ3v) is 5.28. The molecule has 1 heterocycles. The monoisotopic (exact) mass is 422 g/mol. The fourth-order valence-electron chi connectivity index (χ4n) is 3.25. The van der Waals surface area contributed by atoms with Gasteiger partial charge in [-0.25, -0.2) is 9.40 Å². The van der Waals surface area contributed by atoms with Gasteiger partial charge in [0.2, 0.25) is 0 Å². The summed E-state index contributed by atoms with van der Waals surface area (Å²) in [5.41, 5.74) is 2.49. The molecule has 3 aromatic rings. The van der Waals surface area contributed by atoms with Crippen LogP contribution in [-0.2, 0) is 0 Å². The van der Waals surface area contributed by atoms with Gasteiger partial charge in [-0.3, -0.25) is 4.79 Å². The predicted molar refractivity (Wildman–Crippen MR) is 107 cm³/mol. The molecular weight excluding hydrogens is 407 g/mol. The van der Waals surface area contributed by atoms with Crippen molar-refractivity contribution in [2.75, 3.05) is 0 Å². The maximum Gasteiger partial charge on any atom is 0.275 e. The Morgan fingerprint density at radius 2 is 1.63 bits per heavy atom. The average Bonchev–Trinajstić information content (AvgIpc) is 3.14. The predicted octanol–water partition coefficient (Wildman–Crippen LogP) is 5.58. The highest BCUT2D eigenvalue weighted by molar-refractivity contribution is 9.10. The lowest BCUT2D eigenvalue weighted by Gasteiger charge is -2.22. The molecule has 1 aliphatic heterocycles. The maximum atomic E-state index is 14.3. The molecule has 3 nitrogen and oxygen atoms in total. The number of rotatable bonds is 3. The van der Waals surface area contributed by atoms with Gasteiger partial charge in [0.25, 0.3) is 5.91 Å². The van der Waals surface area contributed by atoms with Gasteiger partial charge in [-0.1, -0.05) is 60.7 Å². The second-order valence-corrected chi connectivity index (χ2v) is 7.14. The molecule has 0 radical (unpaired) electrons. The topological polar surface area (TPSA) is 32.7 Å². The van der Waals surface area contributed by atoms with E-state index in [9.17, 15) is 9.18 Å². The quantitative estimate of drug-likeness (QED) is 0.542. The first-order chi connectivity index (χ1) is 13.1. The van der Waals surface area contributed by atoms with E-state index in [4.69, 9.17) is 0 Å². The zero-order valence-corrected chi connectivity index (χ0v) is 15.9. The van der Waals surface area contributed by atoms with E-state index in [1.807, 2.05) is 48.5 Å². The Hall–Kier alpha value is -2.79. The SMILES string of the molecule is O=C(c1ccccc1Br)N1N=C(c2ccccc2F)C[C@H]1c1ccccc1. The minimum atomic E-state index is -0.335. The second kappa shape index (κ2) is 7.45. The highest BCUT2D eigenvalue weighted by atomic mass is 79.9. The van der Waals surface area contributed by atoms with E-state index < -0.39 is 0 Å². The fourth-order valence-corrected chi connectivity index (χ4v) is 3.70. The van der Waals surface area contributed by atoms with Gasteiger partial charge in [0.05, 0.1) is 17.3 Å². The van der Waals surface area contributed by atoms with Crippen molar-refractivity contribution < 1.29 is 9.18 Å². The molecule has 0 N–H and O–H groups in total. The number of hydrazone groups is 1. The van der Waals surface area contributed by atoms with E-state index in [0.717, 1.165) is 5.56 Å². The molecule has 5 heteroatoms. The molecule has 0 spiro atoms. The Balaban J connectivity index is 1.77. The number of hydrogen-bond donors (Lipinski definition) is 0. The summed E-state index contributed by atoms with van der Waals surface area (Å²) in [5, 5.41) is 6.00. The fraction of sp³-hybridized carbons (Fsp3) is 0.0909. The van der Waals surface area contributed by atoms with E-state index in [1.54, 1.807) is 24.3 Å². The summed E-state index contributed by atoms with van der Waals surface area (Å²) in [6.07, 6.45) is 0.459. The van der Waals surface area contributed by atoms with Crippen LogP contribution in [0.2, 0.25) is 0 Å². The number of carbonyl (C=O) groups excluding carboxylic acids is 1. The molecular formula is C22H16BrFN2O. The van der Waals surface area contributed by atoms with Crippen molar-refractivity contribution in [3.63, 3.8) is 0 Å². The second-order valence-electron chi connectivity index (χ2n) is 6.29. The zero-order valence-electron chi connectivity index (χ0n) is 14.3. The summed E-state index contributed by atoms with van der Waals surface area (Å²) in [5.74, 6) is -0.555. The standard InChI is InChI=1S/C22H16BrFN2O/c23-18-12-6-4-10-16(18)22(27)26-21(15-8-2-1-3-9-15)14-20(25-26)17-11-5-7-13-19(17)24/h1-13,21H,14H2/t21-/m0/s1. The Labute approximate surface area is 165 Å². The van der Waals surface area contributed by atoms with Crippen LogP contribution in [0.25, 0.3) is 0 Å². The van der Waals surface area contributed by atoms with Gasteiger partial charge in [0.15, 0.2) is 0 Å². The number of hydrogen-bond acceptors (Lipinski definition) is 2. The molecule has 0 unspecified atom stereocenters. The van der Waals surface area contributed by atoms with E-state index in [1.165, 1.54) is 11.1 Å². The first-order valence-corrected chi connectivity index (χ1v) is 9.40. The lowest BCUT2D eigenvalue weighted by molar-refractivity contribution is 0.0710. The summed E-state index contributed by atoms with van der Waals surface area (Å²) in [4.78, 5) is 13.2. The molecule has 0 bridgehead atoms. The van der Waals surface area contributed by atoms with Crippen molar-refractivity contribution in [3.8, 4) is 0 Å². The highest BCUT2D eigenvalue weighted by Gasteiger charge is 2.34. The summed E-state index contributed by atoms with van der Waals surface area (Å²) in [6.45, 7) is 0. The molecule has 1 atom stereocenters. The summed E-state index contributed by atoms with van der Waals surface area (Å²) in [7, 11) is 0. The van der Waals surface area contributed by atoms with Crippen molar-refractivity contribution in [3.05, 3.63) is 106 Å². The molecule has 1 aliphatic rings. The molecule has 0 saturated carbocycles. The first kappa shape index (κ1) is 17.6. The van der Waals surface area contributed by atoms with Gasteiger partial charge in [0, 0.05) is 16.5 Å². The number of amides is 1. The van der Waals surface area contributed by atoms with Gasteiger partial charge in [-0.05, 0) is 39.7 Å². The Kier molecular flexibility index (Phi) is 4.86. The molecule has 0 aromatic heterocycles. The van der Waals surface area contributed by atoms with Crippen LogP contribution in [0.15, 0.2) is 88.4 Å². The Morgan fingerprint density at radius 1 is 0.963 bits per heavy atom. The van der Waals surface area contributed by atoms with Crippen LogP contribution in [0.5, 0.6) is 0 Å². The molecule has 134 valence electrons. The number of carbonyl (C=O) groups is 1. The van der Waals surface area contributed by atoms with Gasteiger partial charge in [0.1, 0.15) is 5.82 Å². The van der Waals surface area contributed by atoms with E-state index >= 15 is 0 Å². The lowest BCUT2D eigenvalue weighted by atomic mass is 9.98. The van der Waals surface area contributed by atoms with Crippen LogP contribution in [0.1, 0.15) is 33.9 Å². The maximum absolute atomic E-state index is 14.3. The van der Waals surface area contributed by atoms with Crippen molar-refractivity contribution in [1.29, 1.82) is 0 Å². The van der Waals surface area contributed by atoms with Gasteiger partial charge < -0.3 is 0 Å². The first-order valence-electron chi connectivity index (χ1n) is 8.60. The van der Waals surface area contributed by atoms with E-state index in [-0.39, 0.29) is 17.8 Å². The average molecular weight is 423 g/mol. The van der Waals surface area contributed by atoms with Crippen molar-refractivity contribution in [2.24, 2.45) is 5.10 Å². The summed E-state index contributed by atoms with van der Waals surface area (Å²) < 4.78 is 15.0. The molecule has 0 fully saturated rings. The summed E-state index contributed by atoms with van der Waals surface area (Å²) >= 11 is 3.44. The van der Waals surface area contributed by atoms with Crippen LogP contribution >= 0.6 is 15.9 Å². The molecule has 3 aromatic carbocycles.